The molecule has 0 saturated carbocycles. The molecule has 0 aliphatic rings. The zero-order valence-electron chi connectivity index (χ0n) is 16.0. The van der Waals surface area contributed by atoms with Crippen molar-refractivity contribution in [2.24, 2.45) is 0 Å². The highest BCUT2D eigenvalue weighted by molar-refractivity contribution is 6.39. The van der Waals surface area contributed by atoms with Crippen LogP contribution in [0.2, 0.25) is 0 Å². The maximum atomic E-state index is 12.2. The summed E-state index contributed by atoms with van der Waals surface area (Å²) in [4.78, 5) is 24.1. The first-order valence-electron chi connectivity index (χ1n) is 8.92. The van der Waals surface area contributed by atoms with E-state index in [1.807, 2.05) is 31.2 Å². The van der Waals surface area contributed by atoms with Crippen LogP contribution in [0.25, 0.3) is 0 Å². The molecule has 0 fully saturated rings. The van der Waals surface area contributed by atoms with E-state index in [2.05, 4.69) is 15.4 Å². The number of alkyl halides is 3. The number of carbonyl (C=O) groups excluding carboxylic acids is 2. The van der Waals surface area contributed by atoms with Crippen molar-refractivity contribution in [3.05, 3.63) is 59.7 Å². The number of halogens is 3. The van der Waals surface area contributed by atoms with Crippen LogP contribution in [-0.4, -0.2) is 43.0 Å². The van der Waals surface area contributed by atoms with E-state index in [-0.39, 0.29) is 25.4 Å². The number of anilines is 1. The first-order chi connectivity index (χ1) is 14.2. The number of aliphatic hydroxyl groups is 1. The van der Waals surface area contributed by atoms with E-state index in [1.54, 1.807) is 0 Å². The second-order valence-corrected chi connectivity index (χ2v) is 6.23. The highest BCUT2D eigenvalue weighted by Gasteiger charge is 2.31. The van der Waals surface area contributed by atoms with Crippen LogP contribution in [0.3, 0.4) is 0 Å². The monoisotopic (exact) mass is 426 g/mol. The third-order valence-corrected chi connectivity index (χ3v) is 3.86. The van der Waals surface area contributed by atoms with Crippen LogP contribution in [0.1, 0.15) is 17.2 Å². The van der Waals surface area contributed by atoms with E-state index in [9.17, 15) is 22.8 Å². The lowest BCUT2D eigenvalue weighted by Gasteiger charge is -2.18. The van der Waals surface area contributed by atoms with Crippen molar-refractivity contribution in [3.8, 4) is 5.75 Å². The number of benzene rings is 2. The van der Waals surface area contributed by atoms with E-state index in [0.29, 0.717) is 0 Å². The van der Waals surface area contributed by atoms with Gasteiger partial charge in [-0.05, 0) is 36.8 Å². The van der Waals surface area contributed by atoms with Gasteiger partial charge >= 0.3 is 18.2 Å². The molecule has 0 saturated heterocycles. The van der Waals surface area contributed by atoms with Gasteiger partial charge in [0.25, 0.3) is 0 Å². The highest BCUT2D eigenvalue weighted by Crippen LogP contribution is 2.24. The number of amides is 2. The molecule has 2 rings (SSSR count). The van der Waals surface area contributed by atoms with Crippen molar-refractivity contribution in [2.75, 3.05) is 25.1 Å². The minimum atomic E-state index is -4.82. The van der Waals surface area contributed by atoms with Crippen LogP contribution < -0.4 is 15.4 Å². The molecule has 0 heterocycles. The minimum Gasteiger partial charge on any atom is -0.406 e. The fraction of sp³-hybridized carbons (Fsp3) is 0.300. The van der Waals surface area contributed by atoms with Gasteiger partial charge in [0.2, 0.25) is 0 Å². The van der Waals surface area contributed by atoms with Gasteiger partial charge in [-0.15, -0.1) is 13.2 Å². The van der Waals surface area contributed by atoms with Crippen molar-refractivity contribution in [1.29, 1.82) is 0 Å². The average Bonchev–Trinajstić information content (AvgIpc) is 2.69. The molecule has 0 radical (unpaired) electrons. The lowest BCUT2D eigenvalue weighted by atomic mass is 10.1. The van der Waals surface area contributed by atoms with E-state index in [1.165, 1.54) is 12.1 Å². The summed E-state index contributed by atoms with van der Waals surface area (Å²) in [5.74, 6) is -2.40. The van der Waals surface area contributed by atoms with E-state index in [0.717, 1.165) is 23.3 Å². The zero-order chi connectivity index (χ0) is 22.1. The van der Waals surface area contributed by atoms with Crippen LogP contribution in [0.4, 0.5) is 18.9 Å². The molecule has 2 aromatic carbocycles. The van der Waals surface area contributed by atoms with Gasteiger partial charge in [-0.1, -0.05) is 29.8 Å². The number of hydrogen-bond acceptors (Lipinski definition) is 5. The fourth-order valence-corrected chi connectivity index (χ4v) is 2.44. The molecule has 7 nitrogen and oxygen atoms in total. The van der Waals surface area contributed by atoms with Gasteiger partial charge in [0, 0.05) is 12.2 Å². The summed E-state index contributed by atoms with van der Waals surface area (Å²) in [5.41, 5.74) is 1.92. The van der Waals surface area contributed by atoms with Crippen LogP contribution in [0, 0.1) is 6.92 Å². The van der Waals surface area contributed by atoms with Crippen LogP contribution in [-0.2, 0) is 14.3 Å². The topological polar surface area (TPSA) is 96.9 Å². The third-order valence-electron chi connectivity index (χ3n) is 3.86. The molecule has 30 heavy (non-hydrogen) atoms. The summed E-state index contributed by atoms with van der Waals surface area (Å²) >= 11 is 0. The van der Waals surface area contributed by atoms with Gasteiger partial charge in [-0.2, -0.15) is 0 Å². The Bertz CT molecular complexity index is 839. The number of aliphatic hydroxyl groups excluding tert-OH is 1. The molecular formula is C20H21F3N2O5. The SMILES string of the molecule is Cc1ccc(C(CNC(=O)C(=O)Nc2ccc(OC(F)(F)F)cc2)OCCO)cc1. The molecule has 3 N–H and O–H groups in total. The Labute approximate surface area is 170 Å². The summed E-state index contributed by atoms with van der Waals surface area (Å²) in [6.45, 7) is 1.74. The normalized spacial score (nSPS) is 12.2. The summed E-state index contributed by atoms with van der Waals surface area (Å²) in [7, 11) is 0. The Morgan fingerprint density at radius 2 is 1.67 bits per heavy atom. The zero-order valence-corrected chi connectivity index (χ0v) is 16.0. The summed E-state index contributed by atoms with van der Waals surface area (Å²) in [5, 5.41) is 13.7. The van der Waals surface area contributed by atoms with E-state index >= 15 is 0 Å². The smallest absolute Gasteiger partial charge is 0.406 e. The average molecular weight is 426 g/mol. The third kappa shape index (κ3) is 7.72. The lowest BCUT2D eigenvalue weighted by Crippen LogP contribution is -2.38. The number of nitrogens with one attached hydrogen (secondary N) is 2. The second-order valence-electron chi connectivity index (χ2n) is 6.23. The van der Waals surface area contributed by atoms with Crippen molar-refractivity contribution >= 4 is 17.5 Å². The first kappa shape index (κ1) is 23.2. The number of ether oxygens (including phenoxy) is 2. The Balaban J connectivity index is 1.91. The molecule has 162 valence electrons. The van der Waals surface area contributed by atoms with Crippen LogP contribution in [0.5, 0.6) is 5.75 Å². The minimum absolute atomic E-state index is 0.0202. The molecule has 0 aromatic heterocycles. The molecule has 0 aliphatic carbocycles. The fourth-order valence-electron chi connectivity index (χ4n) is 2.44. The Morgan fingerprint density at radius 3 is 2.23 bits per heavy atom. The molecule has 0 bridgehead atoms. The number of hydrogen-bond donors (Lipinski definition) is 3. The molecule has 0 aliphatic heterocycles. The Morgan fingerprint density at radius 1 is 1.03 bits per heavy atom. The predicted molar refractivity (Wildman–Crippen MR) is 102 cm³/mol. The van der Waals surface area contributed by atoms with Crippen LogP contribution >= 0.6 is 0 Å². The molecule has 1 unspecified atom stereocenters. The Hall–Kier alpha value is -3.11. The molecule has 2 aromatic rings. The first-order valence-corrected chi connectivity index (χ1v) is 8.92. The van der Waals surface area contributed by atoms with Crippen molar-refractivity contribution < 1.29 is 37.3 Å². The summed E-state index contributed by atoms with van der Waals surface area (Å²) < 4.78 is 45.7. The molecule has 0 spiro atoms. The largest absolute Gasteiger partial charge is 0.573 e. The highest BCUT2D eigenvalue weighted by atomic mass is 19.4. The van der Waals surface area contributed by atoms with E-state index < -0.39 is 30.0 Å². The Kier molecular flexibility index (Phi) is 8.19. The summed E-state index contributed by atoms with van der Waals surface area (Å²) in [6.07, 6.45) is -5.40. The van der Waals surface area contributed by atoms with Gasteiger partial charge in [0.1, 0.15) is 5.75 Å². The number of rotatable bonds is 8. The van der Waals surface area contributed by atoms with Gasteiger partial charge in [-0.25, -0.2) is 0 Å². The summed E-state index contributed by atoms with van der Waals surface area (Å²) in [6, 6.07) is 11.7. The molecular weight excluding hydrogens is 405 g/mol. The van der Waals surface area contributed by atoms with Gasteiger partial charge in [-0.3, -0.25) is 9.59 Å². The standard InChI is InChI=1S/C20H21F3N2O5/c1-13-2-4-14(5-3-13)17(29-11-10-26)12-24-18(27)19(28)25-15-6-8-16(9-7-15)30-20(21,22)23/h2-9,17,26H,10-12H2,1H3,(H,24,27)(H,25,28). The van der Waals surface area contributed by atoms with Gasteiger partial charge in [0.15, 0.2) is 0 Å². The maximum Gasteiger partial charge on any atom is 0.573 e. The van der Waals surface area contributed by atoms with Crippen molar-refractivity contribution in [3.63, 3.8) is 0 Å². The van der Waals surface area contributed by atoms with Gasteiger partial charge < -0.3 is 25.2 Å². The predicted octanol–water partition coefficient (Wildman–Crippen LogP) is 2.70. The lowest BCUT2D eigenvalue weighted by molar-refractivity contribution is -0.274. The van der Waals surface area contributed by atoms with Crippen molar-refractivity contribution in [1.82, 2.24) is 5.32 Å². The molecule has 10 heteroatoms. The second kappa shape index (κ2) is 10.6. The number of carbonyl (C=O) groups is 2. The molecule has 2 amide bonds. The number of aryl methyl sites for hydroxylation is 1. The van der Waals surface area contributed by atoms with Gasteiger partial charge in [0.05, 0.1) is 19.3 Å². The maximum absolute atomic E-state index is 12.2. The quantitative estimate of drug-likeness (QED) is 0.564. The van der Waals surface area contributed by atoms with E-state index in [4.69, 9.17) is 9.84 Å². The molecule has 1 atom stereocenters. The van der Waals surface area contributed by atoms with Crippen molar-refractivity contribution in [2.45, 2.75) is 19.4 Å². The van der Waals surface area contributed by atoms with Crippen LogP contribution in [0.15, 0.2) is 48.5 Å².